The van der Waals surface area contributed by atoms with Gasteiger partial charge >= 0.3 is 5.97 Å². The number of aliphatic carboxylic acids is 1. The van der Waals surface area contributed by atoms with E-state index in [0.717, 1.165) is 12.8 Å². The molecule has 0 aliphatic heterocycles. The van der Waals surface area contributed by atoms with Crippen molar-refractivity contribution in [2.45, 2.75) is 51.6 Å². The summed E-state index contributed by atoms with van der Waals surface area (Å²) in [7, 11) is 0. The van der Waals surface area contributed by atoms with Crippen molar-refractivity contribution in [3.8, 4) is 0 Å². The van der Waals surface area contributed by atoms with Crippen molar-refractivity contribution in [3.05, 3.63) is 0 Å². The molecule has 2 atom stereocenters. The molecule has 0 aliphatic carbocycles. The molecule has 7 N–H and O–H groups in total. The van der Waals surface area contributed by atoms with Crippen LogP contribution in [0.15, 0.2) is 0 Å². The van der Waals surface area contributed by atoms with Crippen LogP contribution >= 0.6 is 0 Å². The van der Waals surface area contributed by atoms with Gasteiger partial charge in [0.1, 0.15) is 6.04 Å². The van der Waals surface area contributed by atoms with Gasteiger partial charge < -0.3 is 27.2 Å². The monoisotopic (exact) mass is 316 g/mol. The summed E-state index contributed by atoms with van der Waals surface area (Å²) in [4.78, 5) is 34.4. The summed E-state index contributed by atoms with van der Waals surface area (Å²) in [5, 5.41) is 13.8. The lowest BCUT2D eigenvalue weighted by molar-refractivity contribution is -0.142. The zero-order chi connectivity index (χ0) is 17.1. The fraction of sp³-hybridized carbons (Fsp3) is 0.786. The van der Waals surface area contributed by atoms with E-state index in [9.17, 15) is 14.4 Å². The second-order valence-corrected chi connectivity index (χ2v) is 5.70. The summed E-state index contributed by atoms with van der Waals surface area (Å²) in [6.07, 6.45) is 2.35. The van der Waals surface area contributed by atoms with Gasteiger partial charge in [-0.05, 0) is 31.7 Å². The van der Waals surface area contributed by atoms with Gasteiger partial charge in [-0.2, -0.15) is 0 Å². The highest BCUT2D eigenvalue weighted by atomic mass is 16.4. The molecule has 128 valence electrons. The Morgan fingerprint density at radius 2 is 1.82 bits per heavy atom. The lowest BCUT2D eigenvalue weighted by Gasteiger charge is -2.17. The van der Waals surface area contributed by atoms with Crippen LogP contribution in [0.1, 0.15) is 39.5 Å². The minimum atomic E-state index is -1.09. The van der Waals surface area contributed by atoms with E-state index < -0.39 is 29.9 Å². The molecule has 0 aliphatic rings. The molecule has 0 bridgehead atoms. The Kier molecular flexibility index (Phi) is 10.1. The molecule has 0 aromatic heterocycles. The summed E-state index contributed by atoms with van der Waals surface area (Å²) >= 11 is 0. The lowest BCUT2D eigenvalue weighted by Crippen LogP contribution is -2.48. The molecule has 2 amide bonds. The first kappa shape index (κ1) is 20.3. The number of nitrogens with two attached hydrogens (primary N) is 2. The van der Waals surface area contributed by atoms with E-state index in [4.69, 9.17) is 16.6 Å². The van der Waals surface area contributed by atoms with Gasteiger partial charge in [0.15, 0.2) is 0 Å². The number of hydrogen-bond donors (Lipinski definition) is 5. The van der Waals surface area contributed by atoms with Gasteiger partial charge in [-0.25, -0.2) is 4.79 Å². The Labute approximate surface area is 131 Å². The number of hydrogen-bond acceptors (Lipinski definition) is 5. The minimum absolute atomic E-state index is 0.131. The molecule has 0 saturated carbocycles. The maximum Gasteiger partial charge on any atom is 0.326 e. The molecule has 0 saturated heterocycles. The van der Waals surface area contributed by atoms with Crippen molar-refractivity contribution in [2.24, 2.45) is 17.4 Å². The average molecular weight is 316 g/mol. The summed E-state index contributed by atoms with van der Waals surface area (Å²) in [6, 6.07) is -1.65. The molecule has 2 unspecified atom stereocenters. The second-order valence-electron chi connectivity index (χ2n) is 5.70. The van der Waals surface area contributed by atoms with Crippen LogP contribution in [0.4, 0.5) is 0 Å². The van der Waals surface area contributed by atoms with Gasteiger partial charge in [-0.15, -0.1) is 0 Å². The first-order valence-electron chi connectivity index (χ1n) is 7.53. The van der Waals surface area contributed by atoms with E-state index >= 15 is 0 Å². The molecule has 0 fully saturated rings. The standard InChI is InChI=1S/C14H28N4O4/c1-9(2)7-11(14(21)22)18-12(19)8-17-13(20)10(16)5-3-4-6-15/h9-11H,3-8,15-16H2,1-2H3,(H,17,20)(H,18,19)(H,21,22). The number of rotatable bonds is 11. The molecule has 8 nitrogen and oxygen atoms in total. The van der Waals surface area contributed by atoms with E-state index in [2.05, 4.69) is 10.6 Å². The van der Waals surface area contributed by atoms with Crippen molar-refractivity contribution in [3.63, 3.8) is 0 Å². The summed E-state index contributed by atoms with van der Waals surface area (Å²) in [5.41, 5.74) is 11.0. The number of amides is 2. The van der Waals surface area contributed by atoms with E-state index in [1.165, 1.54) is 0 Å². The molecular weight excluding hydrogens is 288 g/mol. The quantitative estimate of drug-likeness (QED) is 0.314. The lowest BCUT2D eigenvalue weighted by atomic mass is 10.0. The van der Waals surface area contributed by atoms with Gasteiger partial charge in [0.2, 0.25) is 11.8 Å². The Hall–Kier alpha value is -1.67. The maximum atomic E-state index is 11.7. The smallest absolute Gasteiger partial charge is 0.326 e. The van der Waals surface area contributed by atoms with Crippen LogP contribution in [-0.4, -0.2) is 48.1 Å². The van der Waals surface area contributed by atoms with Crippen molar-refractivity contribution in [1.82, 2.24) is 10.6 Å². The van der Waals surface area contributed by atoms with Gasteiger partial charge in [-0.3, -0.25) is 9.59 Å². The maximum absolute atomic E-state index is 11.7. The molecule has 0 heterocycles. The largest absolute Gasteiger partial charge is 0.480 e. The number of nitrogens with one attached hydrogen (secondary N) is 2. The van der Waals surface area contributed by atoms with Crippen LogP contribution in [0.3, 0.4) is 0 Å². The van der Waals surface area contributed by atoms with Gasteiger partial charge in [0.25, 0.3) is 0 Å². The van der Waals surface area contributed by atoms with Crippen molar-refractivity contribution in [2.75, 3.05) is 13.1 Å². The van der Waals surface area contributed by atoms with Crippen molar-refractivity contribution < 1.29 is 19.5 Å². The zero-order valence-corrected chi connectivity index (χ0v) is 13.3. The minimum Gasteiger partial charge on any atom is -0.480 e. The number of carboxylic acid groups (broad SMARTS) is 1. The van der Waals surface area contributed by atoms with Crippen LogP contribution in [0.25, 0.3) is 0 Å². The first-order chi connectivity index (χ1) is 10.3. The Morgan fingerprint density at radius 1 is 1.18 bits per heavy atom. The molecule has 0 aromatic carbocycles. The normalized spacial score (nSPS) is 13.5. The van der Waals surface area contributed by atoms with E-state index in [1.54, 1.807) is 0 Å². The Bertz CT molecular complexity index is 374. The van der Waals surface area contributed by atoms with Crippen LogP contribution in [0.2, 0.25) is 0 Å². The topological polar surface area (TPSA) is 148 Å². The number of carbonyl (C=O) groups is 3. The van der Waals surface area contributed by atoms with Crippen LogP contribution in [0.5, 0.6) is 0 Å². The van der Waals surface area contributed by atoms with Crippen molar-refractivity contribution >= 4 is 17.8 Å². The highest BCUT2D eigenvalue weighted by Gasteiger charge is 2.21. The number of unbranched alkanes of at least 4 members (excludes halogenated alkanes) is 1. The highest BCUT2D eigenvalue weighted by molar-refractivity contribution is 5.89. The van der Waals surface area contributed by atoms with Crippen LogP contribution in [-0.2, 0) is 14.4 Å². The molecule has 0 spiro atoms. The van der Waals surface area contributed by atoms with E-state index in [1.807, 2.05) is 13.8 Å². The SMILES string of the molecule is CC(C)CC(NC(=O)CNC(=O)C(N)CCCCN)C(=O)O. The third kappa shape index (κ3) is 9.30. The molecule has 0 radical (unpaired) electrons. The first-order valence-corrected chi connectivity index (χ1v) is 7.53. The van der Waals surface area contributed by atoms with E-state index in [-0.39, 0.29) is 12.5 Å². The average Bonchev–Trinajstić information content (AvgIpc) is 2.43. The molecule has 0 rings (SSSR count). The fourth-order valence-electron chi connectivity index (χ4n) is 1.88. The van der Waals surface area contributed by atoms with Gasteiger partial charge in [0, 0.05) is 0 Å². The van der Waals surface area contributed by atoms with Crippen LogP contribution < -0.4 is 22.1 Å². The molecular formula is C14H28N4O4. The highest BCUT2D eigenvalue weighted by Crippen LogP contribution is 2.04. The second kappa shape index (κ2) is 11.0. The third-order valence-corrected chi connectivity index (χ3v) is 3.07. The molecule has 0 aromatic rings. The Morgan fingerprint density at radius 3 is 2.32 bits per heavy atom. The number of carboxylic acids is 1. The fourth-order valence-corrected chi connectivity index (χ4v) is 1.88. The summed E-state index contributed by atoms with van der Waals surface area (Å²) in [5.74, 6) is -1.93. The summed E-state index contributed by atoms with van der Waals surface area (Å²) in [6.45, 7) is 3.99. The van der Waals surface area contributed by atoms with Gasteiger partial charge in [0.05, 0.1) is 12.6 Å². The third-order valence-electron chi connectivity index (χ3n) is 3.07. The Balaban J connectivity index is 4.14. The molecule has 8 heteroatoms. The predicted octanol–water partition coefficient (Wildman–Crippen LogP) is -0.826. The molecule has 22 heavy (non-hydrogen) atoms. The number of carbonyl (C=O) groups excluding carboxylic acids is 2. The van der Waals surface area contributed by atoms with Crippen LogP contribution in [0, 0.1) is 5.92 Å². The van der Waals surface area contributed by atoms with E-state index in [0.29, 0.717) is 19.4 Å². The zero-order valence-electron chi connectivity index (χ0n) is 13.3. The summed E-state index contributed by atoms with van der Waals surface area (Å²) < 4.78 is 0. The predicted molar refractivity (Wildman–Crippen MR) is 82.9 cm³/mol. The van der Waals surface area contributed by atoms with Crippen molar-refractivity contribution in [1.29, 1.82) is 0 Å². The van der Waals surface area contributed by atoms with Gasteiger partial charge in [-0.1, -0.05) is 20.3 Å².